The molecule has 0 fully saturated rings. The van der Waals surface area contributed by atoms with Crippen LogP contribution in [-0.2, 0) is 0 Å². The number of benzene rings is 5. The Kier molecular flexibility index (Phi) is 5.71. The number of aromatic nitrogens is 2. The van der Waals surface area contributed by atoms with Gasteiger partial charge in [-0.3, -0.25) is 9.97 Å². The summed E-state index contributed by atoms with van der Waals surface area (Å²) < 4.78 is 0. The third kappa shape index (κ3) is 4.07. The summed E-state index contributed by atoms with van der Waals surface area (Å²) in [7, 11) is 0. The standard InChI is InChI=1S/C37H26N2/c1-25-24-39-23-20-31(25)28-12-16-30(17-13-28)37-34-8-4-2-6-32(34)36(33-7-3-5-9-35(33)37)29-14-10-26(11-15-29)27-18-21-38-22-19-27/h2-24H,1H3. The van der Waals surface area contributed by atoms with Crippen molar-refractivity contribution < 1.29 is 0 Å². The second-order valence-electron chi connectivity index (χ2n) is 9.92. The van der Waals surface area contributed by atoms with Crippen LogP contribution in [0.2, 0.25) is 0 Å². The molecule has 0 spiro atoms. The van der Waals surface area contributed by atoms with Crippen molar-refractivity contribution >= 4 is 21.5 Å². The molecule has 0 saturated heterocycles. The van der Waals surface area contributed by atoms with E-state index in [4.69, 9.17) is 0 Å². The SMILES string of the molecule is Cc1cnccc1-c1ccc(-c2c3ccccc3c(-c3ccc(-c4ccncc4)cc3)c3ccccc23)cc1. The molecule has 2 nitrogen and oxygen atoms in total. The van der Waals surface area contributed by atoms with E-state index in [2.05, 4.69) is 132 Å². The van der Waals surface area contributed by atoms with Crippen molar-refractivity contribution in [1.29, 1.82) is 0 Å². The van der Waals surface area contributed by atoms with Crippen LogP contribution in [0.5, 0.6) is 0 Å². The Bertz CT molecular complexity index is 1880. The predicted octanol–water partition coefficient (Wildman–Crippen LogP) is 9.76. The first-order valence-electron chi connectivity index (χ1n) is 13.2. The molecule has 0 aliphatic heterocycles. The van der Waals surface area contributed by atoms with E-state index in [-0.39, 0.29) is 0 Å². The molecule has 0 unspecified atom stereocenters. The van der Waals surface area contributed by atoms with Crippen LogP contribution < -0.4 is 0 Å². The maximum absolute atomic E-state index is 4.25. The lowest BCUT2D eigenvalue weighted by atomic mass is 9.85. The van der Waals surface area contributed by atoms with Crippen LogP contribution in [0.3, 0.4) is 0 Å². The van der Waals surface area contributed by atoms with Crippen molar-refractivity contribution in [2.24, 2.45) is 0 Å². The van der Waals surface area contributed by atoms with E-state index in [0.29, 0.717) is 0 Å². The van der Waals surface area contributed by atoms with Gasteiger partial charge in [0.25, 0.3) is 0 Å². The molecule has 0 saturated carbocycles. The summed E-state index contributed by atoms with van der Waals surface area (Å²) in [5.41, 5.74) is 11.0. The topological polar surface area (TPSA) is 25.8 Å². The molecule has 2 aromatic heterocycles. The van der Waals surface area contributed by atoms with Gasteiger partial charge in [0.05, 0.1) is 0 Å². The zero-order valence-corrected chi connectivity index (χ0v) is 21.7. The van der Waals surface area contributed by atoms with E-state index in [1.807, 2.05) is 24.8 Å². The monoisotopic (exact) mass is 498 g/mol. The van der Waals surface area contributed by atoms with Crippen molar-refractivity contribution in [2.45, 2.75) is 6.92 Å². The van der Waals surface area contributed by atoms with Gasteiger partial charge in [-0.1, -0.05) is 97.1 Å². The fourth-order valence-electron chi connectivity index (χ4n) is 5.74. The highest BCUT2D eigenvalue weighted by Crippen LogP contribution is 2.44. The Morgan fingerprint density at radius 3 is 1.28 bits per heavy atom. The fraction of sp³-hybridized carbons (Fsp3) is 0.0270. The highest BCUT2D eigenvalue weighted by atomic mass is 14.6. The summed E-state index contributed by atoms with van der Waals surface area (Å²) in [6.45, 7) is 2.11. The molecular weight excluding hydrogens is 472 g/mol. The van der Waals surface area contributed by atoms with Gasteiger partial charge in [-0.25, -0.2) is 0 Å². The van der Waals surface area contributed by atoms with Gasteiger partial charge >= 0.3 is 0 Å². The first-order valence-corrected chi connectivity index (χ1v) is 13.2. The van der Waals surface area contributed by atoms with Crippen LogP contribution in [0, 0.1) is 6.92 Å². The van der Waals surface area contributed by atoms with Crippen LogP contribution in [0.4, 0.5) is 0 Å². The largest absolute Gasteiger partial charge is 0.265 e. The lowest BCUT2D eigenvalue weighted by Gasteiger charge is -2.18. The maximum Gasteiger partial charge on any atom is 0.0303 e. The first-order chi connectivity index (χ1) is 19.3. The van der Waals surface area contributed by atoms with Gasteiger partial charge in [0, 0.05) is 24.8 Å². The number of rotatable bonds is 4. The van der Waals surface area contributed by atoms with Gasteiger partial charge in [0.2, 0.25) is 0 Å². The van der Waals surface area contributed by atoms with E-state index < -0.39 is 0 Å². The highest BCUT2D eigenvalue weighted by molar-refractivity contribution is 6.21. The van der Waals surface area contributed by atoms with Crippen LogP contribution in [0.15, 0.2) is 140 Å². The molecule has 0 bridgehead atoms. The average Bonchev–Trinajstić information content (AvgIpc) is 3.01. The molecule has 2 heteroatoms. The molecular formula is C37H26N2. The summed E-state index contributed by atoms with van der Waals surface area (Å²) in [6, 6.07) is 41.7. The molecule has 0 radical (unpaired) electrons. The maximum atomic E-state index is 4.25. The molecule has 0 atom stereocenters. The zero-order chi connectivity index (χ0) is 26.2. The summed E-state index contributed by atoms with van der Waals surface area (Å²) in [5, 5.41) is 5.04. The quantitative estimate of drug-likeness (QED) is 0.226. The molecule has 0 N–H and O–H groups in total. The van der Waals surface area contributed by atoms with Crippen molar-refractivity contribution in [2.75, 3.05) is 0 Å². The molecule has 0 aliphatic carbocycles. The fourth-order valence-corrected chi connectivity index (χ4v) is 5.74. The minimum Gasteiger partial charge on any atom is -0.265 e. The first kappa shape index (κ1) is 23.1. The van der Waals surface area contributed by atoms with Crippen molar-refractivity contribution in [3.63, 3.8) is 0 Å². The molecule has 5 aromatic carbocycles. The number of fused-ring (bicyclic) bond motifs is 2. The molecule has 39 heavy (non-hydrogen) atoms. The molecule has 7 rings (SSSR count). The van der Waals surface area contributed by atoms with E-state index in [9.17, 15) is 0 Å². The molecule has 7 aromatic rings. The van der Waals surface area contributed by atoms with E-state index in [1.54, 1.807) is 0 Å². The van der Waals surface area contributed by atoms with Gasteiger partial charge in [0.15, 0.2) is 0 Å². The Labute approximate surface area is 228 Å². The molecule has 184 valence electrons. The number of nitrogens with zero attached hydrogens (tertiary/aromatic N) is 2. The number of pyridine rings is 2. The Morgan fingerprint density at radius 2 is 0.795 bits per heavy atom. The Hall–Kier alpha value is -5.08. The van der Waals surface area contributed by atoms with E-state index in [1.165, 1.54) is 71.6 Å². The van der Waals surface area contributed by atoms with Crippen molar-refractivity contribution in [3.8, 4) is 44.5 Å². The number of aryl methyl sites for hydroxylation is 1. The Morgan fingerprint density at radius 1 is 0.385 bits per heavy atom. The van der Waals surface area contributed by atoms with Crippen molar-refractivity contribution in [3.05, 3.63) is 146 Å². The minimum atomic E-state index is 1.17. The van der Waals surface area contributed by atoms with Crippen LogP contribution in [-0.4, -0.2) is 9.97 Å². The second-order valence-corrected chi connectivity index (χ2v) is 9.92. The lowest BCUT2D eigenvalue weighted by molar-refractivity contribution is 1.27. The summed E-state index contributed by atoms with van der Waals surface area (Å²) in [6.07, 6.45) is 7.47. The lowest BCUT2D eigenvalue weighted by Crippen LogP contribution is -1.91. The van der Waals surface area contributed by atoms with Gasteiger partial charge in [-0.15, -0.1) is 0 Å². The minimum absolute atomic E-state index is 1.17. The van der Waals surface area contributed by atoms with Gasteiger partial charge in [-0.05, 0) is 96.7 Å². The van der Waals surface area contributed by atoms with Gasteiger partial charge in [-0.2, -0.15) is 0 Å². The third-order valence-corrected chi connectivity index (χ3v) is 7.62. The Balaban J connectivity index is 1.42. The molecule has 2 heterocycles. The smallest absolute Gasteiger partial charge is 0.0303 e. The average molecular weight is 499 g/mol. The number of hydrogen-bond acceptors (Lipinski definition) is 2. The van der Waals surface area contributed by atoms with E-state index in [0.717, 1.165) is 0 Å². The third-order valence-electron chi connectivity index (χ3n) is 7.62. The van der Waals surface area contributed by atoms with Gasteiger partial charge < -0.3 is 0 Å². The molecule has 0 amide bonds. The second kappa shape index (κ2) is 9.66. The van der Waals surface area contributed by atoms with E-state index >= 15 is 0 Å². The van der Waals surface area contributed by atoms with Crippen molar-refractivity contribution in [1.82, 2.24) is 9.97 Å². The van der Waals surface area contributed by atoms with Crippen LogP contribution in [0.1, 0.15) is 5.56 Å². The summed E-state index contributed by atoms with van der Waals surface area (Å²) >= 11 is 0. The number of hydrogen-bond donors (Lipinski definition) is 0. The van der Waals surface area contributed by atoms with Crippen LogP contribution in [0.25, 0.3) is 66.1 Å². The van der Waals surface area contributed by atoms with Gasteiger partial charge in [0.1, 0.15) is 0 Å². The summed E-state index contributed by atoms with van der Waals surface area (Å²) in [5.74, 6) is 0. The predicted molar refractivity (Wildman–Crippen MR) is 164 cm³/mol. The van der Waals surface area contributed by atoms with Crippen LogP contribution >= 0.6 is 0 Å². The normalized spacial score (nSPS) is 11.2. The summed E-state index contributed by atoms with van der Waals surface area (Å²) in [4.78, 5) is 8.41. The highest BCUT2D eigenvalue weighted by Gasteiger charge is 2.16. The molecule has 0 aliphatic rings. The zero-order valence-electron chi connectivity index (χ0n) is 21.7.